The Labute approximate surface area is 196 Å². The molecule has 0 aliphatic rings. The van der Waals surface area contributed by atoms with Crippen molar-refractivity contribution in [3.63, 3.8) is 0 Å². The van der Waals surface area contributed by atoms with Crippen LogP contribution in [0, 0.1) is 17.0 Å². The molecule has 0 unspecified atom stereocenters. The molecule has 9 nitrogen and oxygen atoms in total. The van der Waals surface area contributed by atoms with Gasteiger partial charge in [0.2, 0.25) is 5.65 Å². The highest BCUT2D eigenvalue weighted by Gasteiger charge is 2.16. The molecule has 10 heteroatoms. The van der Waals surface area contributed by atoms with Crippen molar-refractivity contribution < 1.29 is 9.66 Å². The van der Waals surface area contributed by atoms with Crippen molar-refractivity contribution in [1.29, 1.82) is 0 Å². The van der Waals surface area contributed by atoms with Crippen molar-refractivity contribution >= 4 is 23.2 Å². The Kier molecular flexibility index (Phi) is 7.23. The van der Waals surface area contributed by atoms with E-state index in [1.54, 1.807) is 6.07 Å². The van der Waals surface area contributed by atoms with Crippen LogP contribution in [-0.4, -0.2) is 41.4 Å². The van der Waals surface area contributed by atoms with E-state index in [0.717, 1.165) is 48.7 Å². The van der Waals surface area contributed by atoms with E-state index in [4.69, 9.17) is 4.74 Å². The van der Waals surface area contributed by atoms with Crippen molar-refractivity contribution in [1.82, 2.24) is 24.1 Å². The summed E-state index contributed by atoms with van der Waals surface area (Å²) in [5.41, 5.74) is 2.82. The summed E-state index contributed by atoms with van der Waals surface area (Å²) in [7, 11) is 0. The first-order valence-corrected chi connectivity index (χ1v) is 11.9. The second-order valence-electron chi connectivity index (χ2n) is 7.63. The summed E-state index contributed by atoms with van der Waals surface area (Å²) in [5, 5.41) is 16.1. The molecule has 4 rings (SSSR count). The maximum absolute atomic E-state index is 11.1. The summed E-state index contributed by atoms with van der Waals surface area (Å²) in [6.45, 7) is 5.61. The van der Waals surface area contributed by atoms with Gasteiger partial charge in [0.15, 0.2) is 0 Å². The van der Waals surface area contributed by atoms with E-state index in [9.17, 15) is 10.1 Å². The SMILES string of the molecule is CCCc1nccn1Cc1cccc(OCCCSc2ccc3ncc([N+](=O)[O-])n3n2)c1C. The maximum atomic E-state index is 11.1. The van der Waals surface area contributed by atoms with E-state index >= 15 is 0 Å². The van der Waals surface area contributed by atoms with Crippen LogP contribution in [0.3, 0.4) is 0 Å². The molecule has 0 radical (unpaired) electrons. The van der Waals surface area contributed by atoms with Gasteiger partial charge in [-0.25, -0.2) is 9.97 Å². The van der Waals surface area contributed by atoms with Crippen LogP contribution in [0.1, 0.15) is 36.7 Å². The Hall–Kier alpha value is -3.40. The number of fused-ring (bicyclic) bond motifs is 1. The van der Waals surface area contributed by atoms with Gasteiger partial charge < -0.3 is 19.4 Å². The lowest BCUT2D eigenvalue weighted by Gasteiger charge is -2.14. The van der Waals surface area contributed by atoms with Crippen LogP contribution in [0.5, 0.6) is 5.75 Å². The Morgan fingerprint density at radius 1 is 1.21 bits per heavy atom. The van der Waals surface area contributed by atoms with Crippen LogP contribution in [0.15, 0.2) is 53.9 Å². The Morgan fingerprint density at radius 3 is 2.91 bits per heavy atom. The number of hydrogen-bond donors (Lipinski definition) is 0. The zero-order valence-corrected chi connectivity index (χ0v) is 19.5. The van der Waals surface area contributed by atoms with Crippen LogP contribution in [0.25, 0.3) is 5.65 Å². The number of benzene rings is 1. The highest BCUT2D eigenvalue weighted by atomic mass is 32.2. The number of aryl methyl sites for hydroxylation is 1. The van der Waals surface area contributed by atoms with E-state index in [2.05, 4.69) is 39.5 Å². The zero-order chi connectivity index (χ0) is 23.2. The number of nitro groups is 1. The average Bonchev–Trinajstić information content (AvgIpc) is 3.42. The summed E-state index contributed by atoms with van der Waals surface area (Å²) < 4.78 is 9.52. The molecule has 0 bridgehead atoms. The van der Waals surface area contributed by atoms with Gasteiger partial charge in [-0.2, -0.15) is 0 Å². The van der Waals surface area contributed by atoms with Crippen LogP contribution in [0.4, 0.5) is 5.82 Å². The molecule has 0 amide bonds. The zero-order valence-electron chi connectivity index (χ0n) is 18.7. The summed E-state index contributed by atoms with van der Waals surface area (Å²) >= 11 is 1.54. The number of nitrogens with zero attached hydrogens (tertiary/aromatic N) is 6. The van der Waals surface area contributed by atoms with Crippen LogP contribution < -0.4 is 4.74 Å². The van der Waals surface area contributed by atoms with E-state index in [1.807, 2.05) is 30.6 Å². The van der Waals surface area contributed by atoms with E-state index < -0.39 is 4.92 Å². The monoisotopic (exact) mass is 466 g/mol. The number of aromatic nitrogens is 5. The molecule has 3 aromatic heterocycles. The fourth-order valence-corrected chi connectivity index (χ4v) is 4.35. The molecule has 0 saturated heterocycles. The molecule has 0 atom stereocenters. The molecular formula is C23H26N6O3S. The van der Waals surface area contributed by atoms with E-state index in [1.165, 1.54) is 28.0 Å². The topological polar surface area (TPSA) is 100 Å². The number of thioether (sulfide) groups is 1. The fourth-order valence-electron chi connectivity index (χ4n) is 3.57. The van der Waals surface area contributed by atoms with Gasteiger partial charge in [0.05, 0.1) is 6.61 Å². The Bertz CT molecular complexity index is 1250. The molecule has 4 aromatic rings. The molecule has 33 heavy (non-hydrogen) atoms. The first-order valence-electron chi connectivity index (χ1n) is 10.9. The van der Waals surface area contributed by atoms with Gasteiger partial charge in [0.25, 0.3) is 0 Å². The highest BCUT2D eigenvalue weighted by molar-refractivity contribution is 7.99. The number of imidazole rings is 2. The second-order valence-corrected chi connectivity index (χ2v) is 8.74. The van der Waals surface area contributed by atoms with Crippen molar-refractivity contribution in [2.45, 2.75) is 44.7 Å². The van der Waals surface area contributed by atoms with Gasteiger partial charge in [0, 0.05) is 37.2 Å². The molecular weight excluding hydrogens is 440 g/mol. The molecule has 0 spiro atoms. The van der Waals surface area contributed by atoms with Crippen LogP contribution >= 0.6 is 11.8 Å². The summed E-state index contributed by atoms with van der Waals surface area (Å²) in [5.74, 6) is 2.65. The number of ether oxygens (including phenoxy) is 1. The maximum Gasteiger partial charge on any atom is 0.368 e. The molecule has 0 fully saturated rings. The minimum atomic E-state index is -0.483. The molecule has 1 aromatic carbocycles. The third-order valence-corrected chi connectivity index (χ3v) is 6.32. The van der Waals surface area contributed by atoms with Crippen molar-refractivity contribution in [3.05, 3.63) is 76.0 Å². The van der Waals surface area contributed by atoms with Crippen molar-refractivity contribution in [2.75, 3.05) is 12.4 Å². The first-order chi connectivity index (χ1) is 16.1. The summed E-state index contributed by atoms with van der Waals surface area (Å²) in [6.07, 6.45) is 7.96. The van der Waals surface area contributed by atoms with Crippen LogP contribution in [0.2, 0.25) is 0 Å². The summed E-state index contributed by atoms with van der Waals surface area (Å²) in [6, 6.07) is 9.72. The van der Waals surface area contributed by atoms with Crippen molar-refractivity contribution in [3.8, 4) is 5.75 Å². The normalized spacial score (nSPS) is 11.2. The Morgan fingerprint density at radius 2 is 2.09 bits per heavy atom. The molecule has 3 heterocycles. The fraction of sp³-hybridized carbons (Fsp3) is 0.348. The van der Waals surface area contributed by atoms with Gasteiger partial charge in [-0.3, -0.25) is 0 Å². The third-order valence-electron chi connectivity index (χ3n) is 5.32. The van der Waals surface area contributed by atoms with Gasteiger partial charge in [0.1, 0.15) is 22.8 Å². The molecule has 172 valence electrons. The predicted octanol–water partition coefficient (Wildman–Crippen LogP) is 4.70. The lowest BCUT2D eigenvalue weighted by Crippen LogP contribution is -2.07. The second kappa shape index (κ2) is 10.5. The molecule has 0 N–H and O–H groups in total. The van der Waals surface area contributed by atoms with Gasteiger partial charge in [-0.15, -0.1) is 11.8 Å². The molecule has 0 aliphatic carbocycles. The Balaban J connectivity index is 1.31. The minimum absolute atomic E-state index is 0.136. The number of rotatable bonds is 11. The van der Waals surface area contributed by atoms with E-state index in [-0.39, 0.29) is 5.82 Å². The predicted molar refractivity (Wildman–Crippen MR) is 127 cm³/mol. The molecule has 0 aliphatic heterocycles. The first kappa shape index (κ1) is 22.8. The summed E-state index contributed by atoms with van der Waals surface area (Å²) in [4.78, 5) is 19.1. The van der Waals surface area contributed by atoms with E-state index in [0.29, 0.717) is 17.3 Å². The van der Waals surface area contributed by atoms with Gasteiger partial charge in [-0.05, 0) is 47.9 Å². The third kappa shape index (κ3) is 5.33. The molecule has 0 saturated carbocycles. The number of hydrogen-bond acceptors (Lipinski definition) is 7. The minimum Gasteiger partial charge on any atom is -0.493 e. The lowest BCUT2D eigenvalue weighted by atomic mass is 10.1. The smallest absolute Gasteiger partial charge is 0.368 e. The van der Waals surface area contributed by atoms with Crippen molar-refractivity contribution in [2.24, 2.45) is 0 Å². The quantitative estimate of drug-likeness (QED) is 0.137. The average molecular weight is 467 g/mol. The van der Waals surface area contributed by atoms with Gasteiger partial charge >= 0.3 is 5.82 Å². The largest absolute Gasteiger partial charge is 0.493 e. The lowest BCUT2D eigenvalue weighted by molar-refractivity contribution is -0.391. The van der Waals surface area contributed by atoms with Gasteiger partial charge in [-0.1, -0.05) is 28.7 Å². The standard InChI is InChI=1S/C23H26N6O3S/c1-3-6-20-24-11-12-27(20)16-18-7-4-8-19(17(18)2)32-13-5-14-33-22-10-9-21-25-15-23(29(30)31)28(21)26-22/h4,7-12,15H,3,5-6,13-14,16H2,1-2H3. The highest BCUT2D eigenvalue weighted by Crippen LogP contribution is 2.24. The van der Waals surface area contributed by atoms with Crippen LogP contribution in [-0.2, 0) is 13.0 Å².